The lowest BCUT2D eigenvalue weighted by molar-refractivity contribution is -0.196. The fourth-order valence-corrected chi connectivity index (χ4v) is 2.14. The third-order valence-electron chi connectivity index (χ3n) is 1.91. The molecular weight excluding hydrogens is 299 g/mol. The maximum Gasteiger partial charge on any atom is 0.419 e. The van der Waals surface area contributed by atoms with Gasteiger partial charge in [0.15, 0.2) is 6.10 Å². The Morgan fingerprint density at radius 3 is 2.06 bits per heavy atom. The highest BCUT2D eigenvalue weighted by Crippen LogP contribution is 2.62. The Kier molecular flexibility index (Phi) is 4.53. The molecule has 1 rings (SSSR count). The summed E-state index contributed by atoms with van der Waals surface area (Å²) in [6.07, 6.45) is -11.4. The van der Waals surface area contributed by atoms with Crippen LogP contribution in [0.15, 0.2) is 24.3 Å². The molecule has 0 N–H and O–H groups in total. The number of alkyl halides is 3. The molecular formula is C9H8Cl2F3O2P. The molecule has 0 amide bonds. The molecule has 1 aromatic carbocycles. The Balaban J connectivity index is 3.07. The first kappa shape index (κ1) is 14.8. The van der Waals surface area contributed by atoms with E-state index >= 15 is 0 Å². The fraction of sp³-hybridized carbons (Fsp3) is 0.333. The van der Waals surface area contributed by atoms with Crippen molar-refractivity contribution in [1.82, 2.24) is 0 Å². The van der Waals surface area contributed by atoms with Crippen LogP contribution in [-0.2, 0) is 9.09 Å². The molecule has 1 aromatic rings. The molecule has 0 heterocycles. The number of hydrogen-bond acceptors (Lipinski definition) is 2. The van der Waals surface area contributed by atoms with Crippen molar-refractivity contribution >= 4 is 28.6 Å². The normalized spacial score (nSPS) is 14.7. The van der Waals surface area contributed by atoms with Crippen molar-refractivity contribution in [2.75, 3.05) is 0 Å². The molecule has 2 nitrogen and oxygen atoms in total. The summed E-state index contributed by atoms with van der Waals surface area (Å²) >= 11 is 10.0. The molecule has 0 fully saturated rings. The van der Waals surface area contributed by atoms with Gasteiger partial charge in [0.2, 0.25) is 0 Å². The zero-order chi connectivity index (χ0) is 13.3. The average Bonchev–Trinajstić information content (AvgIpc) is 2.13. The standard InChI is InChI=1S/C9H8Cl2F3O2P/c1-6-2-4-7(5-3-6)8(9(12,13)14)16-17(10,11)15/h2-5,8H,1H3. The molecule has 0 radical (unpaired) electrons. The van der Waals surface area contributed by atoms with E-state index in [-0.39, 0.29) is 5.56 Å². The summed E-state index contributed by atoms with van der Waals surface area (Å²) in [4.78, 5) is 0. The van der Waals surface area contributed by atoms with Crippen LogP contribution in [0, 0.1) is 6.92 Å². The Morgan fingerprint density at radius 2 is 1.71 bits per heavy atom. The second-order valence-electron chi connectivity index (χ2n) is 3.35. The molecule has 0 bridgehead atoms. The lowest BCUT2D eigenvalue weighted by atomic mass is 10.1. The second-order valence-corrected chi connectivity index (χ2v) is 7.58. The Hall–Kier alpha value is -0.220. The smallest absolute Gasteiger partial charge is 0.288 e. The minimum Gasteiger partial charge on any atom is -0.288 e. The minimum atomic E-state index is -4.74. The van der Waals surface area contributed by atoms with E-state index in [0.717, 1.165) is 5.56 Å². The van der Waals surface area contributed by atoms with Crippen LogP contribution in [-0.4, -0.2) is 6.18 Å². The predicted octanol–water partition coefficient (Wildman–Crippen LogP) is 5.20. The first-order valence-corrected chi connectivity index (χ1v) is 7.84. The number of hydrogen-bond donors (Lipinski definition) is 0. The first-order chi connectivity index (χ1) is 7.59. The molecule has 0 saturated heterocycles. The van der Waals surface area contributed by atoms with Crippen LogP contribution in [0.25, 0.3) is 0 Å². The molecule has 0 aliphatic carbocycles. The minimum absolute atomic E-state index is 0.204. The first-order valence-electron chi connectivity index (χ1n) is 4.40. The van der Waals surface area contributed by atoms with Crippen molar-refractivity contribution in [2.24, 2.45) is 0 Å². The van der Waals surface area contributed by atoms with Gasteiger partial charge in [-0.2, -0.15) is 13.2 Å². The maximum atomic E-state index is 12.7. The molecule has 0 saturated carbocycles. The summed E-state index contributed by atoms with van der Waals surface area (Å²) in [7, 11) is 0. The van der Waals surface area contributed by atoms with E-state index in [2.05, 4.69) is 4.52 Å². The van der Waals surface area contributed by atoms with Crippen LogP contribution in [0.5, 0.6) is 0 Å². The molecule has 96 valence electrons. The van der Waals surface area contributed by atoms with Crippen LogP contribution < -0.4 is 0 Å². The van der Waals surface area contributed by atoms with Gasteiger partial charge in [-0.15, -0.1) is 0 Å². The molecule has 0 spiro atoms. The van der Waals surface area contributed by atoms with Gasteiger partial charge in [-0.3, -0.25) is 9.09 Å². The highest BCUT2D eigenvalue weighted by atomic mass is 35.9. The van der Waals surface area contributed by atoms with E-state index in [0.29, 0.717) is 0 Å². The van der Waals surface area contributed by atoms with E-state index in [4.69, 9.17) is 22.5 Å². The van der Waals surface area contributed by atoms with Gasteiger partial charge in [0.05, 0.1) is 0 Å². The number of benzene rings is 1. The van der Waals surface area contributed by atoms with Crippen molar-refractivity contribution in [3.8, 4) is 0 Å². The van der Waals surface area contributed by atoms with Gasteiger partial charge in [0.25, 0.3) is 0 Å². The van der Waals surface area contributed by atoms with Gasteiger partial charge in [-0.1, -0.05) is 29.8 Å². The number of halogens is 5. The van der Waals surface area contributed by atoms with Crippen LogP contribution in [0.4, 0.5) is 13.2 Å². The van der Waals surface area contributed by atoms with E-state index < -0.39 is 18.4 Å². The summed E-state index contributed by atoms with van der Waals surface area (Å²) in [5.41, 5.74) is 0.583. The lowest BCUT2D eigenvalue weighted by Crippen LogP contribution is -2.21. The summed E-state index contributed by atoms with van der Waals surface area (Å²) in [6, 6.07) is 5.39. The Labute approximate surface area is 106 Å². The zero-order valence-corrected chi connectivity index (χ0v) is 10.9. The van der Waals surface area contributed by atoms with Crippen molar-refractivity contribution < 1.29 is 22.3 Å². The summed E-state index contributed by atoms with van der Waals surface area (Å²) in [5.74, 6) is 0. The van der Waals surface area contributed by atoms with E-state index in [1.165, 1.54) is 24.3 Å². The van der Waals surface area contributed by atoms with Crippen molar-refractivity contribution in [3.63, 3.8) is 0 Å². The quantitative estimate of drug-likeness (QED) is 0.717. The van der Waals surface area contributed by atoms with Crippen LogP contribution in [0.2, 0.25) is 0 Å². The zero-order valence-electron chi connectivity index (χ0n) is 8.54. The van der Waals surface area contributed by atoms with Crippen LogP contribution >= 0.6 is 28.6 Å². The SMILES string of the molecule is Cc1ccc(C(OP(=O)(Cl)Cl)C(F)(F)F)cc1. The fourth-order valence-electron chi connectivity index (χ4n) is 1.17. The van der Waals surface area contributed by atoms with Crippen molar-refractivity contribution in [1.29, 1.82) is 0 Å². The van der Waals surface area contributed by atoms with Gasteiger partial charge in [-0.25, -0.2) is 0 Å². The molecule has 1 atom stereocenters. The van der Waals surface area contributed by atoms with Gasteiger partial charge < -0.3 is 0 Å². The van der Waals surface area contributed by atoms with Gasteiger partial charge in [0.1, 0.15) is 0 Å². The lowest BCUT2D eigenvalue weighted by Gasteiger charge is -2.21. The van der Waals surface area contributed by atoms with Crippen molar-refractivity contribution in [2.45, 2.75) is 19.2 Å². The van der Waals surface area contributed by atoms with Crippen molar-refractivity contribution in [3.05, 3.63) is 35.4 Å². The summed E-state index contributed by atoms with van der Waals surface area (Å²) < 4.78 is 53.1. The molecule has 8 heteroatoms. The third-order valence-corrected chi connectivity index (χ3v) is 2.84. The van der Waals surface area contributed by atoms with E-state index in [1.54, 1.807) is 6.92 Å². The van der Waals surface area contributed by atoms with Gasteiger partial charge >= 0.3 is 12.3 Å². The van der Waals surface area contributed by atoms with E-state index in [1.807, 2.05) is 0 Å². The number of rotatable bonds is 3. The Bertz CT molecular complexity index is 427. The second kappa shape index (κ2) is 5.19. The monoisotopic (exact) mass is 306 g/mol. The average molecular weight is 307 g/mol. The topological polar surface area (TPSA) is 26.3 Å². The highest BCUT2D eigenvalue weighted by Gasteiger charge is 2.45. The molecule has 0 aliphatic rings. The summed E-state index contributed by atoms with van der Waals surface area (Å²) in [6.45, 7) is 1.72. The predicted molar refractivity (Wildman–Crippen MR) is 60.4 cm³/mol. The molecule has 1 unspecified atom stereocenters. The largest absolute Gasteiger partial charge is 0.419 e. The third kappa shape index (κ3) is 4.88. The maximum absolute atomic E-state index is 12.7. The molecule has 17 heavy (non-hydrogen) atoms. The van der Waals surface area contributed by atoms with Crippen LogP contribution in [0.1, 0.15) is 17.2 Å². The van der Waals surface area contributed by atoms with Crippen LogP contribution in [0.3, 0.4) is 0 Å². The highest BCUT2D eigenvalue weighted by molar-refractivity contribution is 8.05. The van der Waals surface area contributed by atoms with Gasteiger partial charge in [-0.05, 0) is 35.0 Å². The molecule has 0 aliphatic heterocycles. The summed E-state index contributed by atoms with van der Waals surface area (Å²) in [5, 5.41) is 0. The van der Waals surface area contributed by atoms with Gasteiger partial charge in [0, 0.05) is 0 Å². The molecule has 0 aromatic heterocycles. The number of aryl methyl sites for hydroxylation is 1. The van der Waals surface area contributed by atoms with E-state index in [9.17, 15) is 17.7 Å². The Morgan fingerprint density at radius 1 is 1.24 bits per heavy atom.